The summed E-state index contributed by atoms with van der Waals surface area (Å²) in [5, 5.41) is 10.0. The summed E-state index contributed by atoms with van der Waals surface area (Å²) in [7, 11) is 0. The summed E-state index contributed by atoms with van der Waals surface area (Å²) in [6.45, 7) is 0. The minimum Gasteiger partial charge on any atom is -0.292 e. The van der Waals surface area contributed by atoms with E-state index in [1.165, 1.54) is 11.8 Å². The number of hydrogen-bond donors (Lipinski definition) is 1. The van der Waals surface area contributed by atoms with E-state index in [4.69, 9.17) is 0 Å². The van der Waals surface area contributed by atoms with Crippen LogP contribution in [-0.4, -0.2) is 26.2 Å². The third-order valence-corrected chi connectivity index (χ3v) is 3.18. The Hall–Kier alpha value is -2.04. The van der Waals surface area contributed by atoms with Gasteiger partial charge < -0.3 is 0 Å². The Morgan fingerprint density at radius 3 is 3.24 bits per heavy atom. The molecule has 2 heterocycles. The van der Waals surface area contributed by atoms with Gasteiger partial charge in [-0.25, -0.2) is 0 Å². The van der Waals surface area contributed by atoms with Gasteiger partial charge in [0.05, 0.1) is 17.8 Å². The number of carbonyl (C=O) groups is 1. The van der Waals surface area contributed by atoms with E-state index in [1.807, 2.05) is 12.1 Å². The van der Waals surface area contributed by atoms with Crippen molar-refractivity contribution in [2.75, 3.05) is 0 Å². The number of H-pyrrole nitrogens is 1. The lowest BCUT2D eigenvalue weighted by Gasteiger charge is -2.22. The molecule has 2 aromatic heterocycles. The molecular formula is C12H12N4O. The highest BCUT2D eigenvalue weighted by Crippen LogP contribution is 2.31. The maximum absolute atomic E-state index is 12.3. The van der Waals surface area contributed by atoms with Gasteiger partial charge in [-0.05, 0) is 30.9 Å². The molecule has 0 fully saturated rings. The van der Waals surface area contributed by atoms with E-state index in [9.17, 15) is 4.79 Å². The first-order valence-corrected chi connectivity index (χ1v) is 5.70. The summed E-state index contributed by atoms with van der Waals surface area (Å²) < 4.78 is 0. The predicted molar refractivity (Wildman–Crippen MR) is 60.6 cm³/mol. The number of nitrogens with zero attached hydrogens (tertiary/aromatic N) is 3. The Morgan fingerprint density at radius 2 is 2.41 bits per heavy atom. The molecule has 5 nitrogen and oxygen atoms in total. The number of fused-ring (bicyclic) bond motifs is 1. The van der Waals surface area contributed by atoms with Gasteiger partial charge in [-0.15, -0.1) is 0 Å². The lowest BCUT2D eigenvalue weighted by Crippen LogP contribution is -2.20. The molecule has 1 atom stereocenters. The van der Waals surface area contributed by atoms with E-state index in [2.05, 4.69) is 20.4 Å². The van der Waals surface area contributed by atoms with E-state index in [-0.39, 0.29) is 11.7 Å². The first-order chi connectivity index (χ1) is 8.36. The second-order valence-corrected chi connectivity index (χ2v) is 4.21. The van der Waals surface area contributed by atoms with Crippen molar-refractivity contribution in [3.05, 3.63) is 41.5 Å². The van der Waals surface area contributed by atoms with E-state index in [1.54, 1.807) is 6.20 Å². The fraction of sp³-hybridized carbons (Fsp3) is 0.333. The van der Waals surface area contributed by atoms with Crippen LogP contribution in [-0.2, 0) is 6.42 Å². The van der Waals surface area contributed by atoms with Crippen LogP contribution in [0, 0.1) is 0 Å². The number of Topliss-reactive ketones (excluding diaryl/α,β-unsaturated/α-hetero) is 1. The molecule has 1 aliphatic carbocycles. The van der Waals surface area contributed by atoms with Gasteiger partial charge >= 0.3 is 0 Å². The zero-order valence-electron chi connectivity index (χ0n) is 9.26. The molecule has 2 aromatic rings. The minimum absolute atomic E-state index is 0.0124. The first kappa shape index (κ1) is 10.1. The molecule has 86 valence electrons. The minimum atomic E-state index is -0.162. The van der Waals surface area contributed by atoms with Gasteiger partial charge in [-0.2, -0.15) is 15.4 Å². The van der Waals surface area contributed by atoms with Crippen LogP contribution in [0.15, 0.2) is 24.5 Å². The first-order valence-electron chi connectivity index (χ1n) is 5.70. The number of aryl methyl sites for hydroxylation is 1. The molecule has 0 bridgehead atoms. The summed E-state index contributed by atoms with van der Waals surface area (Å²) in [4.78, 5) is 16.6. The van der Waals surface area contributed by atoms with Gasteiger partial charge in [-0.3, -0.25) is 9.78 Å². The summed E-state index contributed by atoms with van der Waals surface area (Å²) >= 11 is 0. The highest BCUT2D eigenvalue weighted by atomic mass is 16.1. The predicted octanol–water partition coefficient (Wildman–Crippen LogP) is 1.50. The molecule has 0 amide bonds. The molecule has 0 spiro atoms. The lowest BCUT2D eigenvalue weighted by molar-refractivity contribution is 0.0944. The van der Waals surface area contributed by atoms with Crippen molar-refractivity contribution < 1.29 is 4.79 Å². The van der Waals surface area contributed by atoms with Crippen molar-refractivity contribution >= 4 is 5.78 Å². The molecule has 5 heteroatoms. The molecule has 0 aromatic carbocycles. The van der Waals surface area contributed by atoms with Gasteiger partial charge in [0.15, 0.2) is 5.78 Å². The lowest BCUT2D eigenvalue weighted by atomic mass is 9.83. The summed E-state index contributed by atoms with van der Waals surface area (Å²) in [5.74, 6) is -0.150. The van der Waals surface area contributed by atoms with Crippen LogP contribution in [0.5, 0.6) is 0 Å². The fourth-order valence-corrected chi connectivity index (χ4v) is 2.36. The number of pyridine rings is 1. The number of hydrogen-bond acceptors (Lipinski definition) is 4. The Kier molecular flexibility index (Phi) is 2.44. The molecule has 0 saturated carbocycles. The molecule has 17 heavy (non-hydrogen) atoms. The van der Waals surface area contributed by atoms with Crippen molar-refractivity contribution in [3.63, 3.8) is 0 Å². The maximum Gasteiger partial charge on any atom is 0.193 e. The van der Waals surface area contributed by atoms with Crippen molar-refractivity contribution in [1.29, 1.82) is 0 Å². The molecule has 3 rings (SSSR count). The molecular weight excluding hydrogens is 216 g/mol. The highest BCUT2D eigenvalue weighted by Gasteiger charge is 2.29. The Balaban J connectivity index is 1.98. The number of ketones is 1. The SMILES string of the molecule is O=C(c1cn[nH]n1)C1CCCc2cccnc21. The fourth-order valence-electron chi connectivity index (χ4n) is 2.36. The van der Waals surface area contributed by atoms with Gasteiger partial charge in [-0.1, -0.05) is 6.07 Å². The summed E-state index contributed by atoms with van der Waals surface area (Å²) in [6, 6.07) is 3.96. The number of rotatable bonds is 2. The van der Waals surface area contributed by atoms with E-state index >= 15 is 0 Å². The van der Waals surface area contributed by atoms with Crippen LogP contribution in [0.1, 0.15) is 40.5 Å². The number of aromatic nitrogens is 4. The van der Waals surface area contributed by atoms with Crippen molar-refractivity contribution in [2.45, 2.75) is 25.2 Å². The maximum atomic E-state index is 12.3. The molecule has 0 aliphatic heterocycles. The number of nitrogens with one attached hydrogen (secondary N) is 1. The molecule has 1 N–H and O–H groups in total. The Labute approximate surface area is 98.3 Å². The van der Waals surface area contributed by atoms with Crippen molar-refractivity contribution in [3.8, 4) is 0 Å². The van der Waals surface area contributed by atoms with Crippen LogP contribution in [0.3, 0.4) is 0 Å². The molecule has 1 unspecified atom stereocenters. The quantitative estimate of drug-likeness (QED) is 0.791. The largest absolute Gasteiger partial charge is 0.292 e. The van der Waals surface area contributed by atoms with Crippen LogP contribution >= 0.6 is 0 Å². The van der Waals surface area contributed by atoms with Crippen LogP contribution < -0.4 is 0 Å². The summed E-state index contributed by atoms with van der Waals surface area (Å²) in [5.41, 5.74) is 2.49. The smallest absolute Gasteiger partial charge is 0.193 e. The van der Waals surface area contributed by atoms with E-state index < -0.39 is 0 Å². The van der Waals surface area contributed by atoms with Gasteiger partial charge in [0.1, 0.15) is 5.69 Å². The Bertz CT molecular complexity index is 535. The third-order valence-electron chi connectivity index (χ3n) is 3.18. The van der Waals surface area contributed by atoms with Crippen LogP contribution in [0.25, 0.3) is 0 Å². The number of aromatic amines is 1. The normalized spacial score (nSPS) is 18.7. The van der Waals surface area contributed by atoms with Crippen LogP contribution in [0.4, 0.5) is 0 Å². The topological polar surface area (TPSA) is 71.5 Å². The average Bonchev–Trinajstić information content (AvgIpc) is 2.91. The zero-order chi connectivity index (χ0) is 11.7. The van der Waals surface area contributed by atoms with E-state index in [0.717, 1.165) is 25.0 Å². The third kappa shape index (κ3) is 1.73. The Morgan fingerprint density at radius 1 is 1.47 bits per heavy atom. The van der Waals surface area contributed by atoms with Crippen molar-refractivity contribution in [2.24, 2.45) is 0 Å². The second-order valence-electron chi connectivity index (χ2n) is 4.21. The summed E-state index contributed by atoms with van der Waals surface area (Å²) in [6.07, 6.45) is 6.08. The van der Waals surface area contributed by atoms with Crippen LogP contribution in [0.2, 0.25) is 0 Å². The number of carbonyl (C=O) groups excluding carboxylic acids is 1. The van der Waals surface area contributed by atoms with Gasteiger partial charge in [0, 0.05) is 6.20 Å². The molecule has 0 saturated heterocycles. The highest BCUT2D eigenvalue weighted by molar-refractivity contribution is 5.99. The standard InChI is InChI=1S/C12H12N4O/c17-12(10-7-14-16-15-10)9-5-1-3-8-4-2-6-13-11(8)9/h2,4,6-7,9H,1,3,5H2,(H,14,15,16). The van der Waals surface area contributed by atoms with Gasteiger partial charge in [0.2, 0.25) is 0 Å². The second kappa shape index (κ2) is 4.08. The zero-order valence-corrected chi connectivity index (χ0v) is 9.26. The molecule has 1 aliphatic rings. The average molecular weight is 228 g/mol. The monoisotopic (exact) mass is 228 g/mol. The molecule has 0 radical (unpaired) electrons. The van der Waals surface area contributed by atoms with Crippen molar-refractivity contribution in [1.82, 2.24) is 20.4 Å². The van der Waals surface area contributed by atoms with E-state index in [0.29, 0.717) is 5.69 Å². The van der Waals surface area contributed by atoms with Gasteiger partial charge in [0.25, 0.3) is 0 Å².